The summed E-state index contributed by atoms with van der Waals surface area (Å²) in [7, 11) is 11.6. The fourth-order valence-corrected chi connectivity index (χ4v) is 25.3. The summed E-state index contributed by atoms with van der Waals surface area (Å²) in [6, 6.07) is 9.14. The fourth-order valence-electron chi connectivity index (χ4n) is 2.63. The minimum absolute atomic E-state index is 0.143. The van der Waals surface area contributed by atoms with Gasteiger partial charge in [0, 0.05) is 30.1 Å². The smallest absolute Gasteiger partial charge is 0.371 e. The second kappa shape index (κ2) is 19.1. The quantitative estimate of drug-likeness (QED) is 0.0767. The van der Waals surface area contributed by atoms with Crippen LogP contribution in [0.15, 0.2) is 28.6 Å². The molecule has 0 fully saturated rings. The molecule has 1 aromatic heterocycles. The number of aromatic nitrogens is 1. The minimum atomic E-state index is -2.75. The van der Waals surface area contributed by atoms with Gasteiger partial charge in [-0.25, -0.2) is 4.98 Å². The van der Waals surface area contributed by atoms with Crippen molar-refractivity contribution in [3.63, 3.8) is 0 Å². The predicted molar refractivity (Wildman–Crippen MR) is 177 cm³/mol. The van der Waals surface area contributed by atoms with E-state index in [1.807, 2.05) is 26.7 Å². The van der Waals surface area contributed by atoms with Gasteiger partial charge in [-0.3, -0.25) is 0 Å². The second-order valence-corrected chi connectivity index (χ2v) is 24.6. The normalized spacial score (nSPS) is 16.3. The Morgan fingerprint density at radius 3 is 1.91 bits per heavy atom. The van der Waals surface area contributed by atoms with Crippen LogP contribution in [-0.2, 0) is 13.3 Å². The van der Waals surface area contributed by atoms with Gasteiger partial charge in [0.05, 0.1) is 10.2 Å². The summed E-state index contributed by atoms with van der Waals surface area (Å²) in [5.41, 5.74) is 1.09. The third-order valence-corrected chi connectivity index (χ3v) is 24.9. The van der Waals surface area contributed by atoms with Crippen LogP contribution >= 0.6 is 91.9 Å². The molecule has 3 atom stereocenters. The Morgan fingerprint density at radius 1 is 0.800 bits per heavy atom. The van der Waals surface area contributed by atoms with Gasteiger partial charge in [0.25, 0.3) is 0 Å². The van der Waals surface area contributed by atoms with E-state index < -0.39 is 8.80 Å². The van der Waals surface area contributed by atoms with Crippen LogP contribution in [0.5, 0.6) is 0 Å². The Kier molecular flexibility index (Phi) is 18.2. The summed E-state index contributed by atoms with van der Waals surface area (Å²) in [6.07, 6.45) is 3.31. The highest BCUT2D eigenvalue weighted by Crippen LogP contribution is 2.58. The van der Waals surface area contributed by atoms with Gasteiger partial charge in [-0.05, 0) is 122 Å². The molecule has 14 heteroatoms. The van der Waals surface area contributed by atoms with E-state index in [9.17, 15) is 0 Å². The second-order valence-electron chi connectivity index (χ2n) is 7.70. The maximum Gasteiger partial charge on any atom is 0.502 e. The molecule has 0 aliphatic rings. The fraction of sp³-hybridized carbons (Fsp3) is 0.667. The summed E-state index contributed by atoms with van der Waals surface area (Å²) in [5.74, 6) is 0.952. The molecule has 2 rings (SSSR count). The van der Waals surface area contributed by atoms with E-state index in [1.165, 1.54) is 4.70 Å². The lowest BCUT2D eigenvalue weighted by atomic mass is 10.3. The molecule has 4 nitrogen and oxygen atoms in total. The molecule has 35 heavy (non-hydrogen) atoms. The SMILES string of the molecule is CCC(C)O[Si](CCSSSSSSSSc1nc2ccccc2s1)(OC(C)CC)OC(C)CC. The largest absolute Gasteiger partial charge is 0.502 e. The van der Waals surface area contributed by atoms with Crippen molar-refractivity contribution in [2.45, 2.75) is 89.5 Å². The highest BCUT2D eigenvalue weighted by molar-refractivity contribution is 9.48. The number of hydrogen-bond acceptors (Lipinski definition) is 13. The lowest BCUT2D eigenvalue weighted by Crippen LogP contribution is -2.51. The van der Waals surface area contributed by atoms with Gasteiger partial charge in [-0.2, -0.15) is 0 Å². The maximum absolute atomic E-state index is 6.50. The average molecular weight is 666 g/mol. The Hall–Kier alpha value is 2.01. The van der Waals surface area contributed by atoms with Crippen molar-refractivity contribution in [3.05, 3.63) is 24.3 Å². The highest BCUT2D eigenvalue weighted by atomic mass is 34.0. The first-order valence-corrected chi connectivity index (χ1v) is 24.7. The Balaban J connectivity index is 1.66. The summed E-state index contributed by atoms with van der Waals surface area (Å²) in [4.78, 5) is 4.66. The molecule has 0 saturated heterocycles. The van der Waals surface area contributed by atoms with Crippen molar-refractivity contribution in [3.8, 4) is 0 Å². The molecule has 1 heterocycles. The number of benzene rings is 1. The van der Waals surface area contributed by atoms with Crippen molar-refractivity contribution in [1.29, 1.82) is 0 Å². The Labute approximate surface area is 246 Å². The zero-order chi connectivity index (χ0) is 25.5. The molecule has 0 aliphatic heterocycles. The van der Waals surface area contributed by atoms with Crippen molar-refractivity contribution in [2.75, 3.05) is 5.75 Å². The lowest BCUT2D eigenvalue weighted by Gasteiger charge is -2.36. The van der Waals surface area contributed by atoms with Gasteiger partial charge < -0.3 is 13.3 Å². The van der Waals surface area contributed by atoms with Gasteiger partial charge in [0.1, 0.15) is 0 Å². The molecule has 0 N–H and O–H groups in total. The van der Waals surface area contributed by atoms with Crippen molar-refractivity contribution < 1.29 is 13.3 Å². The lowest BCUT2D eigenvalue weighted by molar-refractivity contribution is -0.00961. The highest BCUT2D eigenvalue weighted by Gasteiger charge is 2.44. The van der Waals surface area contributed by atoms with Crippen LogP contribution in [0, 0.1) is 0 Å². The van der Waals surface area contributed by atoms with Gasteiger partial charge in [-0.1, -0.05) is 43.7 Å². The van der Waals surface area contributed by atoms with Crippen LogP contribution in [0.3, 0.4) is 0 Å². The molecule has 0 spiro atoms. The van der Waals surface area contributed by atoms with Gasteiger partial charge in [0.15, 0.2) is 4.34 Å². The van der Waals surface area contributed by atoms with E-state index in [1.54, 1.807) is 71.3 Å². The molecule has 2 aromatic rings. The summed E-state index contributed by atoms with van der Waals surface area (Å²) >= 11 is 1.75. The van der Waals surface area contributed by atoms with E-state index in [4.69, 9.17) is 13.3 Å². The summed E-state index contributed by atoms with van der Waals surface area (Å²) in [6.45, 7) is 12.8. The average Bonchev–Trinajstić information content (AvgIpc) is 3.27. The van der Waals surface area contributed by atoms with Crippen LogP contribution in [0.25, 0.3) is 10.2 Å². The first-order chi connectivity index (χ1) is 16.9. The number of fused-ring (bicyclic) bond motifs is 1. The molecule has 3 unspecified atom stereocenters. The standard InChI is InChI=1S/C21H35NO3S9Si/c1-7-16(4)23-35(24-17(5)8-2,25-18(6)9-3)15-14-26-29-31-33-34-32-30-28-21-22-19-12-10-11-13-20(19)27-21/h10-13,16-18H,7-9,14-15H2,1-6H3. The van der Waals surface area contributed by atoms with Crippen LogP contribution in [0.4, 0.5) is 0 Å². The van der Waals surface area contributed by atoms with Crippen LogP contribution in [0.1, 0.15) is 60.8 Å². The van der Waals surface area contributed by atoms with Crippen molar-refractivity contribution in [1.82, 2.24) is 4.98 Å². The van der Waals surface area contributed by atoms with Gasteiger partial charge >= 0.3 is 8.80 Å². The number of rotatable bonds is 20. The van der Waals surface area contributed by atoms with Crippen LogP contribution < -0.4 is 0 Å². The van der Waals surface area contributed by atoms with Crippen LogP contribution in [0.2, 0.25) is 6.04 Å². The van der Waals surface area contributed by atoms with Crippen LogP contribution in [-0.4, -0.2) is 37.9 Å². The van der Waals surface area contributed by atoms with E-state index >= 15 is 0 Å². The molecule has 0 amide bonds. The summed E-state index contributed by atoms with van der Waals surface area (Å²) in [5, 5.41) is 0. The molecule has 1 aromatic carbocycles. The van der Waals surface area contributed by atoms with E-state index in [2.05, 4.69) is 64.7 Å². The maximum atomic E-state index is 6.50. The molecular weight excluding hydrogens is 631 g/mol. The third-order valence-electron chi connectivity index (χ3n) is 4.93. The molecule has 0 bridgehead atoms. The number of thiazole rings is 1. The zero-order valence-electron chi connectivity index (χ0n) is 20.9. The van der Waals surface area contributed by atoms with Gasteiger partial charge in [-0.15, -0.1) is 11.3 Å². The first-order valence-electron chi connectivity index (χ1n) is 11.6. The van der Waals surface area contributed by atoms with E-state index in [-0.39, 0.29) is 18.3 Å². The third kappa shape index (κ3) is 13.3. The minimum Gasteiger partial charge on any atom is -0.371 e. The first kappa shape index (κ1) is 33.2. The topological polar surface area (TPSA) is 40.6 Å². The van der Waals surface area contributed by atoms with Gasteiger partial charge in [0.2, 0.25) is 0 Å². The number of nitrogens with zero attached hydrogens (tertiary/aromatic N) is 1. The Morgan fingerprint density at radius 2 is 1.34 bits per heavy atom. The summed E-state index contributed by atoms with van der Waals surface area (Å²) < 4.78 is 21.9. The molecule has 0 radical (unpaired) electrons. The number of hydrogen-bond donors (Lipinski definition) is 0. The van der Waals surface area contributed by atoms with E-state index in [0.29, 0.717) is 0 Å². The van der Waals surface area contributed by atoms with E-state index in [0.717, 1.165) is 40.9 Å². The monoisotopic (exact) mass is 665 g/mol. The molecule has 200 valence electrons. The zero-order valence-corrected chi connectivity index (χ0v) is 29.3. The van der Waals surface area contributed by atoms with Crippen molar-refractivity contribution >= 4 is 111 Å². The molecule has 0 aliphatic carbocycles. The van der Waals surface area contributed by atoms with Crippen molar-refractivity contribution in [2.24, 2.45) is 0 Å². The molecular formula is C21H35NO3S9Si. The molecule has 0 saturated carbocycles. The predicted octanol–water partition coefficient (Wildman–Crippen LogP) is 11.3. The Bertz CT molecular complexity index is 770. The number of para-hydroxylation sites is 1.